The fourth-order valence-electron chi connectivity index (χ4n) is 3.14. The van der Waals surface area contributed by atoms with Crippen LogP contribution in [0.2, 0.25) is 5.02 Å². The van der Waals surface area contributed by atoms with Gasteiger partial charge < -0.3 is 15.8 Å². The first-order valence-electron chi connectivity index (χ1n) is 8.75. The molecular weight excluding hydrogens is 355 g/mol. The van der Waals surface area contributed by atoms with Gasteiger partial charge in [0.15, 0.2) is 0 Å². The highest BCUT2D eigenvalue weighted by atomic mass is 35.5. The quantitative estimate of drug-likeness (QED) is 0.829. The molecule has 2 aromatic rings. The largest absolute Gasteiger partial charge is 0.474 e. The number of nitrogens with two attached hydrogens (primary N) is 1. The standard InChI is InChI=1S/C20H22ClFN2O2/c21-17-12-14(22)6-11-18(17)26-19(13-4-2-1-3-5-13)20(25)24-16-9-7-15(23)8-10-16/h1-6,11-12,15-16,19H,7-10,23H2,(H,24,25). The first-order valence-corrected chi connectivity index (χ1v) is 9.13. The molecule has 0 bridgehead atoms. The van der Waals surface area contributed by atoms with E-state index in [1.165, 1.54) is 18.2 Å². The second-order valence-electron chi connectivity index (χ2n) is 6.60. The summed E-state index contributed by atoms with van der Waals surface area (Å²) in [6.07, 6.45) is 2.63. The highest BCUT2D eigenvalue weighted by Crippen LogP contribution is 2.30. The van der Waals surface area contributed by atoms with Crippen molar-refractivity contribution >= 4 is 17.5 Å². The summed E-state index contributed by atoms with van der Waals surface area (Å²) in [6, 6.07) is 13.3. The van der Waals surface area contributed by atoms with E-state index in [9.17, 15) is 9.18 Å². The third-order valence-electron chi connectivity index (χ3n) is 4.60. The zero-order chi connectivity index (χ0) is 18.5. The summed E-state index contributed by atoms with van der Waals surface area (Å²) in [6.45, 7) is 0. The van der Waals surface area contributed by atoms with Crippen LogP contribution in [0.1, 0.15) is 37.4 Å². The van der Waals surface area contributed by atoms with Crippen molar-refractivity contribution in [1.82, 2.24) is 5.32 Å². The molecular formula is C20H22ClFN2O2. The van der Waals surface area contributed by atoms with Crippen LogP contribution in [0.15, 0.2) is 48.5 Å². The number of carbonyl (C=O) groups is 1. The maximum Gasteiger partial charge on any atom is 0.266 e. The maximum absolute atomic E-state index is 13.3. The molecule has 0 spiro atoms. The predicted molar refractivity (Wildman–Crippen MR) is 99.6 cm³/mol. The molecule has 138 valence electrons. The van der Waals surface area contributed by atoms with Gasteiger partial charge in [0.2, 0.25) is 6.10 Å². The summed E-state index contributed by atoms with van der Waals surface area (Å²) < 4.78 is 19.2. The van der Waals surface area contributed by atoms with E-state index < -0.39 is 11.9 Å². The van der Waals surface area contributed by atoms with Crippen LogP contribution in [-0.4, -0.2) is 18.0 Å². The number of hydrogen-bond acceptors (Lipinski definition) is 3. The first kappa shape index (κ1) is 18.7. The van der Waals surface area contributed by atoms with Crippen LogP contribution in [0, 0.1) is 5.82 Å². The molecule has 1 aliphatic rings. The molecule has 1 atom stereocenters. The van der Waals surface area contributed by atoms with Gasteiger partial charge in [0.1, 0.15) is 11.6 Å². The minimum absolute atomic E-state index is 0.0841. The van der Waals surface area contributed by atoms with E-state index in [0.29, 0.717) is 5.56 Å². The van der Waals surface area contributed by atoms with Crippen LogP contribution < -0.4 is 15.8 Å². The summed E-state index contributed by atoms with van der Waals surface area (Å²) >= 11 is 6.06. The lowest BCUT2D eigenvalue weighted by Crippen LogP contribution is -2.43. The minimum Gasteiger partial charge on any atom is -0.474 e. The number of ether oxygens (including phenoxy) is 1. The van der Waals surface area contributed by atoms with Crippen molar-refractivity contribution in [3.63, 3.8) is 0 Å². The summed E-state index contributed by atoms with van der Waals surface area (Å²) in [7, 11) is 0. The third kappa shape index (κ3) is 4.74. The normalized spacial score (nSPS) is 21.0. The van der Waals surface area contributed by atoms with Gasteiger partial charge in [0, 0.05) is 17.6 Å². The molecule has 0 saturated heterocycles. The Bertz CT molecular complexity index is 749. The van der Waals surface area contributed by atoms with Crippen LogP contribution in [-0.2, 0) is 4.79 Å². The van der Waals surface area contributed by atoms with Crippen LogP contribution in [0.4, 0.5) is 4.39 Å². The van der Waals surface area contributed by atoms with E-state index in [4.69, 9.17) is 22.1 Å². The van der Waals surface area contributed by atoms with Crippen molar-refractivity contribution in [2.24, 2.45) is 5.73 Å². The van der Waals surface area contributed by atoms with Crippen molar-refractivity contribution in [2.45, 2.75) is 43.9 Å². The molecule has 1 saturated carbocycles. The minimum atomic E-state index is -0.866. The molecule has 1 aliphatic carbocycles. The van der Waals surface area contributed by atoms with E-state index in [1.54, 1.807) is 0 Å². The highest BCUT2D eigenvalue weighted by molar-refractivity contribution is 6.32. The molecule has 0 heterocycles. The van der Waals surface area contributed by atoms with Crippen LogP contribution in [0.5, 0.6) is 5.75 Å². The van der Waals surface area contributed by atoms with E-state index in [0.717, 1.165) is 25.7 Å². The van der Waals surface area contributed by atoms with Gasteiger partial charge in [-0.3, -0.25) is 4.79 Å². The molecule has 0 radical (unpaired) electrons. The van der Waals surface area contributed by atoms with Gasteiger partial charge in [0.05, 0.1) is 5.02 Å². The second-order valence-corrected chi connectivity index (χ2v) is 7.01. The molecule has 1 unspecified atom stereocenters. The van der Waals surface area contributed by atoms with E-state index in [-0.39, 0.29) is 28.8 Å². The Hall–Kier alpha value is -2.11. The molecule has 6 heteroatoms. The Labute approximate surface area is 157 Å². The average Bonchev–Trinajstić information content (AvgIpc) is 2.63. The molecule has 0 aliphatic heterocycles. The van der Waals surface area contributed by atoms with Crippen molar-refractivity contribution in [3.05, 3.63) is 64.9 Å². The monoisotopic (exact) mass is 376 g/mol. The lowest BCUT2D eigenvalue weighted by atomic mass is 9.91. The number of carbonyl (C=O) groups excluding carboxylic acids is 1. The van der Waals surface area contributed by atoms with Gasteiger partial charge in [0.25, 0.3) is 5.91 Å². The molecule has 3 N–H and O–H groups in total. The fraction of sp³-hybridized carbons (Fsp3) is 0.350. The number of halogens is 2. The van der Waals surface area contributed by atoms with Gasteiger partial charge >= 0.3 is 0 Å². The topological polar surface area (TPSA) is 64.3 Å². The lowest BCUT2D eigenvalue weighted by molar-refractivity contribution is -0.129. The SMILES string of the molecule is NC1CCC(NC(=O)C(Oc2ccc(F)cc2Cl)c2ccccc2)CC1. The summed E-state index contributed by atoms with van der Waals surface area (Å²) in [5, 5.41) is 3.18. The number of hydrogen-bond donors (Lipinski definition) is 2. The maximum atomic E-state index is 13.3. The Morgan fingerprint density at radius 3 is 2.50 bits per heavy atom. The molecule has 1 amide bonds. The van der Waals surface area contributed by atoms with Gasteiger partial charge in [-0.25, -0.2) is 4.39 Å². The number of rotatable bonds is 5. The van der Waals surface area contributed by atoms with Gasteiger partial charge in [-0.05, 0) is 43.9 Å². The van der Waals surface area contributed by atoms with E-state index in [1.807, 2.05) is 30.3 Å². The van der Waals surface area contributed by atoms with Crippen molar-refractivity contribution in [2.75, 3.05) is 0 Å². The average molecular weight is 377 g/mol. The third-order valence-corrected chi connectivity index (χ3v) is 4.89. The zero-order valence-electron chi connectivity index (χ0n) is 14.3. The Morgan fingerprint density at radius 1 is 1.15 bits per heavy atom. The van der Waals surface area contributed by atoms with Crippen molar-refractivity contribution < 1.29 is 13.9 Å². The molecule has 2 aromatic carbocycles. The van der Waals surface area contributed by atoms with E-state index >= 15 is 0 Å². The summed E-state index contributed by atoms with van der Waals surface area (Å²) in [5.74, 6) is -0.429. The zero-order valence-corrected chi connectivity index (χ0v) is 15.1. The Morgan fingerprint density at radius 2 is 1.85 bits per heavy atom. The Balaban J connectivity index is 1.78. The summed E-state index contributed by atoms with van der Waals surface area (Å²) in [4.78, 5) is 12.9. The number of benzene rings is 2. The molecule has 3 rings (SSSR count). The predicted octanol–water partition coefficient (Wildman–Crippen LogP) is 3.99. The molecule has 1 fully saturated rings. The molecule has 26 heavy (non-hydrogen) atoms. The van der Waals surface area contributed by atoms with Gasteiger partial charge in [-0.1, -0.05) is 41.9 Å². The number of amides is 1. The van der Waals surface area contributed by atoms with Crippen molar-refractivity contribution in [1.29, 1.82) is 0 Å². The van der Waals surface area contributed by atoms with Gasteiger partial charge in [-0.15, -0.1) is 0 Å². The smallest absolute Gasteiger partial charge is 0.266 e. The number of nitrogens with one attached hydrogen (secondary N) is 1. The van der Waals surface area contributed by atoms with E-state index in [2.05, 4.69) is 5.32 Å². The van der Waals surface area contributed by atoms with Gasteiger partial charge in [-0.2, -0.15) is 0 Å². The molecule has 4 nitrogen and oxygen atoms in total. The molecule has 0 aromatic heterocycles. The van der Waals surface area contributed by atoms with Crippen LogP contribution in [0.3, 0.4) is 0 Å². The summed E-state index contributed by atoms with van der Waals surface area (Å²) in [5.41, 5.74) is 6.63. The fourth-order valence-corrected chi connectivity index (χ4v) is 3.35. The highest BCUT2D eigenvalue weighted by Gasteiger charge is 2.27. The second kappa shape index (κ2) is 8.52. The lowest BCUT2D eigenvalue weighted by Gasteiger charge is -2.28. The Kier molecular flexibility index (Phi) is 6.12. The van der Waals surface area contributed by atoms with Crippen LogP contribution in [0.25, 0.3) is 0 Å². The van der Waals surface area contributed by atoms with Crippen LogP contribution >= 0.6 is 11.6 Å². The first-order chi connectivity index (χ1) is 12.5. The van der Waals surface area contributed by atoms with Crippen molar-refractivity contribution in [3.8, 4) is 5.75 Å².